The fraction of sp³-hybridized carbons (Fsp3) is 0.200. The number of ether oxygens (including phenoxy) is 1. The van der Waals surface area contributed by atoms with Gasteiger partial charge in [0.1, 0.15) is 5.75 Å². The number of fused-ring (bicyclic) bond motifs is 1. The van der Waals surface area contributed by atoms with Crippen molar-refractivity contribution in [3.05, 3.63) is 70.8 Å². The van der Waals surface area contributed by atoms with E-state index >= 15 is 0 Å². The van der Waals surface area contributed by atoms with Crippen molar-refractivity contribution in [2.45, 2.75) is 26.4 Å². The van der Waals surface area contributed by atoms with Gasteiger partial charge in [0.15, 0.2) is 11.6 Å². The first-order valence-electron chi connectivity index (χ1n) is 7.77. The number of carbonyl (C=O) groups excluding carboxylic acids is 2. The monoisotopic (exact) mass is 306 g/mol. The molecule has 0 N–H and O–H groups in total. The number of rotatable bonds is 4. The molecule has 0 aromatic heterocycles. The minimum absolute atomic E-state index is 0.159. The average Bonchev–Trinajstić information content (AvgIpc) is 2.82. The van der Waals surface area contributed by atoms with Crippen LogP contribution in [0.1, 0.15) is 46.5 Å². The molecule has 1 aliphatic rings. The van der Waals surface area contributed by atoms with Crippen molar-refractivity contribution in [2.75, 3.05) is 0 Å². The Hall–Kier alpha value is -2.68. The van der Waals surface area contributed by atoms with Gasteiger partial charge in [0, 0.05) is 11.1 Å². The molecule has 0 amide bonds. The lowest BCUT2D eigenvalue weighted by Gasteiger charge is -2.12. The first kappa shape index (κ1) is 15.2. The van der Waals surface area contributed by atoms with E-state index in [2.05, 4.69) is 6.92 Å². The summed E-state index contributed by atoms with van der Waals surface area (Å²) in [6.45, 7) is 4.08. The van der Waals surface area contributed by atoms with Crippen molar-refractivity contribution in [1.82, 2.24) is 0 Å². The fourth-order valence-electron chi connectivity index (χ4n) is 2.53. The van der Waals surface area contributed by atoms with Crippen LogP contribution < -0.4 is 4.74 Å². The van der Waals surface area contributed by atoms with Crippen LogP contribution in [0.25, 0.3) is 6.08 Å². The lowest BCUT2D eigenvalue weighted by molar-refractivity contribution is 0.0990. The summed E-state index contributed by atoms with van der Waals surface area (Å²) in [4.78, 5) is 24.7. The summed E-state index contributed by atoms with van der Waals surface area (Å²) in [5.74, 6) is 0.380. The molecule has 2 aromatic carbocycles. The largest absolute Gasteiger partial charge is 0.491 e. The van der Waals surface area contributed by atoms with E-state index in [9.17, 15) is 9.59 Å². The molecular weight excluding hydrogens is 288 g/mol. The molecule has 1 aliphatic carbocycles. The summed E-state index contributed by atoms with van der Waals surface area (Å²) in [6.07, 6.45) is 2.75. The van der Waals surface area contributed by atoms with Crippen LogP contribution in [-0.2, 0) is 0 Å². The number of Topliss-reactive ketones (excluding diaryl/α,β-unsaturated/α-hetero) is 2. The summed E-state index contributed by atoms with van der Waals surface area (Å²) < 4.78 is 5.73. The molecule has 0 saturated heterocycles. The second kappa shape index (κ2) is 6.21. The van der Waals surface area contributed by atoms with Gasteiger partial charge >= 0.3 is 0 Å². The Morgan fingerprint density at radius 2 is 1.52 bits per heavy atom. The van der Waals surface area contributed by atoms with Gasteiger partial charge in [0.2, 0.25) is 0 Å². The van der Waals surface area contributed by atoms with Gasteiger partial charge in [0.05, 0.1) is 11.7 Å². The SMILES string of the molecule is CC[C@@H](C)Oc1ccc(C=C2C(=O)c3ccccc3C2=O)cc1. The highest BCUT2D eigenvalue weighted by Crippen LogP contribution is 2.28. The third-order valence-electron chi connectivity index (χ3n) is 4.01. The van der Waals surface area contributed by atoms with E-state index < -0.39 is 0 Å². The van der Waals surface area contributed by atoms with Crippen molar-refractivity contribution < 1.29 is 14.3 Å². The van der Waals surface area contributed by atoms with Crippen molar-refractivity contribution in [3.63, 3.8) is 0 Å². The number of hydrogen-bond donors (Lipinski definition) is 0. The van der Waals surface area contributed by atoms with E-state index in [-0.39, 0.29) is 23.2 Å². The number of allylic oxidation sites excluding steroid dienone is 1. The Kier molecular flexibility index (Phi) is 4.11. The molecule has 0 aliphatic heterocycles. The standard InChI is InChI=1S/C20H18O3/c1-3-13(2)23-15-10-8-14(9-11-15)12-18-19(21)16-6-4-5-7-17(16)20(18)22/h4-13H,3H2,1-2H3/t13-/m1/s1. The lowest BCUT2D eigenvalue weighted by atomic mass is 10.1. The molecule has 0 saturated carbocycles. The van der Waals surface area contributed by atoms with Crippen LogP contribution in [0.4, 0.5) is 0 Å². The molecule has 2 aromatic rings. The van der Waals surface area contributed by atoms with E-state index in [1.165, 1.54) is 0 Å². The Morgan fingerprint density at radius 1 is 0.957 bits per heavy atom. The zero-order chi connectivity index (χ0) is 16.4. The van der Waals surface area contributed by atoms with Crippen LogP contribution >= 0.6 is 0 Å². The zero-order valence-electron chi connectivity index (χ0n) is 13.2. The molecule has 3 rings (SSSR count). The van der Waals surface area contributed by atoms with Crippen LogP contribution in [-0.4, -0.2) is 17.7 Å². The fourth-order valence-corrected chi connectivity index (χ4v) is 2.53. The first-order chi connectivity index (χ1) is 11.1. The predicted molar refractivity (Wildman–Crippen MR) is 89.9 cm³/mol. The smallest absolute Gasteiger partial charge is 0.197 e. The molecule has 3 nitrogen and oxygen atoms in total. The second-order valence-corrected chi connectivity index (χ2v) is 5.67. The normalized spacial score (nSPS) is 14.6. The predicted octanol–water partition coefficient (Wildman–Crippen LogP) is 4.33. The van der Waals surface area contributed by atoms with Gasteiger partial charge in [-0.1, -0.05) is 43.3 Å². The van der Waals surface area contributed by atoms with Crippen molar-refractivity contribution in [3.8, 4) is 5.75 Å². The highest BCUT2D eigenvalue weighted by atomic mass is 16.5. The highest BCUT2D eigenvalue weighted by molar-refractivity contribution is 6.41. The molecule has 0 unspecified atom stereocenters. The number of hydrogen-bond acceptors (Lipinski definition) is 3. The molecule has 23 heavy (non-hydrogen) atoms. The van der Waals surface area contributed by atoms with Gasteiger partial charge in [-0.25, -0.2) is 0 Å². The van der Waals surface area contributed by atoms with E-state index in [1.807, 2.05) is 31.2 Å². The maximum atomic E-state index is 12.3. The summed E-state index contributed by atoms with van der Waals surface area (Å²) in [5.41, 5.74) is 2.01. The average molecular weight is 306 g/mol. The lowest BCUT2D eigenvalue weighted by Crippen LogP contribution is -2.09. The Bertz CT molecular complexity index is 748. The second-order valence-electron chi connectivity index (χ2n) is 5.67. The number of ketones is 2. The quantitative estimate of drug-likeness (QED) is 0.624. The topological polar surface area (TPSA) is 43.4 Å². The minimum Gasteiger partial charge on any atom is -0.491 e. The Labute approximate surface area is 135 Å². The van der Waals surface area contributed by atoms with Crippen molar-refractivity contribution in [2.24, 2.45) is 0 Å². The number of benzene rings is 2. The minimum atomic E-state index is -0.203. The molecule has 0 heterocycles. The van der Waals surface area contributed by atoms with Gasteiger partial charge < -0.3 is 4.74 Å². The van der Waals surface area contributed by atoms with Gasteiger partial charge in [-0.15, -0.1) is 0 Å². The summed E-state index contributed by atoms with van der Waals surface area (Å²) in [5, 5.41) is 0. The maximum absolute atomic E-state index is 12.3. The maximum Gasteiger partial charge on any atom is 0.197 e. The first-order valence-corrected chi connectivity index (χ1v) is 7.77. The van der Waals surface area contributed by atoms with E-state index in [0.29, 0.717) is 11.1 Å². The van der Waals surface area contributed by atoms with Gasteiger partial charge in [-0.3, -0.25) is 9.59 Å². The van der Waals surface area contributed by atoms with Crippen LogP contribution in [0.5, 0.6) is 5.75 Å². The third kappa shape index (κ3) is 2.95. The molecule has 0 bridgehead atoms. The van der Waals surface area contributed by atoms with Gasteiger partial charge in [-0.2, -0.15) is 0 Å². The van der Waals surface area contributed by atoms with Gasteiger partial charge in [-0.05, 0) is 37.1 Å². The highest BCUT2D eigenvalue weighted by Gasteiger charge is 2.32. The summed E-state index contributed by atoms with van der Waals surface area (Å²) >= 11 is 0. The van der Waals surface area contributed by atoms with Crippen LogP contribution in [0, 0.1) is 0 Å². The zero-order valence-corrected chi connectivity index (χ0v) is 13.2. The molecule has 3 heteroatoms. The third-order valence-corrected chi connectivity index (χ3v) is 4.01. The van der Waals surface area contributed by atoms with Crippen molar-refractivity contribution in [1.29, 1.82) is 0 Å². The Morgan fingerprint density at radius 3 is 2.04 bits per heavy atom. The van der Waals surface area contributed by atoms with Crippen molar-refractivity contribution >= 4 is 17.6 Å². The Balaban J connectivity index is 1.86. The van der Waals surface area contributed by atoms with Crippen LogP contribution in [0.15, 0.2) is 54.1 Å². The van der Waals surface area contributed by atoms with E-state index in [4.69, 9.17) is 4.74 Å². The summed E-state index contributed by atoms with van der Waals surface area (Å²) in [6, 6.07) is 14.4. The van der Waals surface area contributed by atoms with E-state index in [1.54, 1.807) is 30.3 Å². The van der Waals surface area contributed by atoms with E-state index in [0.717, 1.165) is 17.7 Å². The summed E-state index contributed by atoms with van der Waals surface area (Å²) in [7, 11) is 0. The van der Waals surface area contributed by atoms with Gasteiger partial charge in [0.25, 0.3) is 0 Å². The molecule has 0 spiro atoms. The molecule has 1 atom stereocenters. The molecule has 0 fully saturated rings. The van der Waals surface area contributed by atoms with Crippen LogP contribution in [0.2, 0.25) is 0 Å². The van der Waals surface area contributed by atoms with Crippen LogP contribution in [0.3, 0.4) is 0 Å². The number of carbonyl (C=O) groups is 2. The molecule has 0 radical (unpaired) electrons. The molecular formula is C20H18O3. The molecule has 116 valence electrons.